The lowest BCUT2D eigenvalue weighted by molar-refractivity contribution is 0.387. The zero-order valence-corrected chi connectivity index (χ0v) is 11.0. The summed E-state index contributed by atoms with van der Waals surface area (Å²) in [6.07, 6.45) is 0. The van der Waals surface area contributed by atoms with E-state index in [9.17, 15) is 0 Å². The predicted octanol–water partition coefficient (Wildman–Crippen LogP) is 1.44. The minimum Gasteiger partial charge on any atom is -0.356 e. The molecule has 4 nitrogen and oxygen atoms in total. The molecule has 92 valence electrons. The van der Waals surface area contributed by atoms with Crippen LogP contribution in [-0.2, 0) is 0 Å². The van der Waals surface area contributed by atoms with Crippen molar-refractivity contribution in [1.29, 1.82) is 0 Å². The number of aryl methyl sites for hydroxylation is 1. The number of fused-ring (bicyclic) bond motifs is 1. The topological polar surface area (TPSA) is 32.3 Å². The quantitative estimate of drug-likeness (QED) is 0.708. The van der Waals surface area contributed by atoms with E-state index in [1.807, 2.05) is 13.0 Å². The molecule has 2 saturated heterocycles. The number of halogens is 1. The van der Waals surface area contributed by atoms with Crippen LogP contribution in [0.3, 0.4) is 0 Å². The van der Waals surface area contributed by atoms with Crippen LogP contribution in [0, 0.1) is 18.8 Å². The Labute approximate surface area is 107 Å². The Morgan fingerprint density at radius 2 is 1.82 bits per heavy atom. The maximum atomic E-state index is 5.99. The maximum Gasteiger partial charge on any atom is 0.134 e. The fraction of sp³-hybridized carbons (Fsp3) is 0.667. The van der Waals surface area contributed by atoms with Gasteiger partial charge in [-0.05, 0) is 25.8 Å². The van der Waals surface area contributed by atoms with Crippen LogP contribution in [0.15, 0.2) is 6.07 Å². The minimum atomic E-state index is 0.543. The van der Waals surface area contributed by atoms with Gasteiger partial charge in [-0.1, -0.05) is 11.6 Å². The lowest BCUT2D eigenvalue weighted by atomic mass is 10.0. The first-order valence-corrected chi connectivity index (χ1v) is 6.44. The van der Waals surface area contributed by atoms with Gasteiger partial charge in [0.05, 0.1) is 0 Å². The van der Waals surface area contributed by atoms with Gasteiger partial charge in [0.15, 0.2) is 0 Å². The second-order valence-electron chi connectivity index (χ2n) is 5.24. The van der Waals surface area contributed by atoms with E-state index >= 15 is 0 Å². The highest BCUT2D eigenvalue weighted by Gasteiger charge is 2.39. The van der Waals surface area contributed by atoms with Crippen molar-refractivity contribution in [3.05, 3.63) is 17.0 Å². The lowest BCUT2D eigenvalue weighted by Crippen LogP contribution is -2.27. The molecule has 2 aliphatic heterocycles. The summed E-state index contributed by atoms with van der Waals surface area (Å²) >= 11 is 5.99. The van der Waals surface area contributed by atoms with Gasteiger partial charge in [-0.2, -0.15) is 0 Å². The molecular formula is C12H17ClN4. The Bertz CT molecular complexity index is 402. The number of aromatic nitrogens is 2. The first kappa shape index (κ1) is 11.2. The standard InChI is InChI=1S/C12H17ClN4/c1-8-14-11(13)3-12(15-8)17-6-9-4-16(2)5-10(9)7-17/h3,9-10H,4-7H2,1-2H3/t9-,10+. The summed E-state index contributed by atoms with van der Waals surface area (Å²) in [5.74, 6) is 3.31. The van der Waals surface area contributed by atoms with Crippen molar-refractivity contribution in [1.82, 2.24) is 14.9 Å². The molecule has 0 bridgehead atoms. The van der Waals surface area contributed by atoms with Crippen LogP contribution in [0.25, 0.3) is 0 Å². The Kier molecular flexibility index (Phi) is 2.71. The number of hydrogen-bond acceptors (Lipinski definition) is 4. The van der Waals surface area contributed by atoms with E-state index in [0.29, 0.717) is 5.15 Å². The highest BCUT2D eigenvalue weighted by atomic mass is 35.5. The molecule has 0 aliphatic carbocycles. The molecule has 0 radical (unpaired) electrons. The number of likely N-dealkylation sites (tertiary alicyclic amines) is 1. The first-order chi connectivity index (χ1) is 8.11. The molecule has 0 N–H and O–H groups in total. The van der Waals surface area contributed by atoms with Crippen LogP contribution in [0.2, 0.25) is 5.15 Å². The van der Waals surface area contributed by atoms with E-state index in [1.165, 1.54) is 13.1 Å². The van der Waals surface area contributed by atoms with Gasteiger partial charge < -0.3 is 9.80 Å². The Balaban J connectivity index is 1.79. The molecule has 0 amide bonds. The third-order valence-electron chi connectivity index (χ3n) is 3.79. The molecule has 1 aromatic heterocycles. The average Bonchev–Trinajstić information content (AvgIpc) is 2.72. The van der Waals surface area contributed by atoms with E-state index in [-0.39, 0.29) is 0 Å². The van der Waals surface area contributed by atoms with Crippen molar-refractivity contribution in [2.75, 3.05) is 38.1 Å². The Morgan fingerprint density at radius 3 is 2.41 bits per heavy atom. The molecule has 0 aromatic carbocycles. The largest absolute Gasteiger partial charge is 0.356 e. The van der Waals surface area contributed by atoms with Gasteiger partial charge >= 0.3 is 0 Å². The molecule has 3 heterocycles. The molecule has 0 unspecified atom stereocenters. The van der Waals surface area contributed by atoms with Gasteiger partial charge in [0.2, 0.25) is 0 Å². The summed E-state index contributed by atoms with van der Waals surface area (Å²) in [4.78, 5) is 13.4. The van der Waals surface area contributed by atoms with Gasteiger partial charge in [0, 0.05) is 32.2 Å². The van der Waals surface area contributed by atoms with Gasteiger partial charge in [-0.3, -0.25) is 0 Å². The van der Waals surface area contributed by atoms with Gasteiger partial charge in [0.25, 0.3) is 0 Å². The van der Waals surface area contributed by atoms with Crippen LogP contribution >= 0.6 is 11.6 Å². The summed E-state index contributed by atoms with van der Waals surface area (Å²) in [7, 11) is 2.20. The van der Waals surface area contributed by atoms with Crippen molar-refractivity contribution >= 4 is 17.4 Å². The van der Waals surface area contributed by atoms with E-state index in [2.05, 4.69) is 26.8 Å². The highest BCUT2D eigenvalue weighted by molar-refractivity contribution is 6.29. The fourth-order valence-electron chi connectivity index (χ4n) is 3.09. The summed E-state index contributed by atoms with van der Waals surface area (Å²) in [5, 5.41) is 0.543. The molecule has 3 rings (SSSR count). The molecule has 2 fully saturated rings. The fourth-order valence-corrected chi connectivity index (χ4v) is 3.31. The summed E-state index contributed by atoms with van der Waals surface area (Å²) < 4.78 is 0. The third-order valence-corrected chi connectivity index (χ3v) is 3.98. The van der Waals surface area contributed by atoms with E-state index in [4.69, 9.17) is 11.6 Å². The van der Waals surface area contributed by atoms with Gasteiger partial charge in [-0.15, -0.1) is 0 Å². The minimum absolute atomic E-state index is 0.543. The third kappa shape index (κ3) is 2.11. The highest BCUT2D eigenvalue weighted by Crippen LogP contribution is 2.32. The van der Waals surface area contributed by atoms with Crippen molar-refractivity contribution in [3.63, 3.8) is 0 Å². The Hall–Kier alpha value is -0.870. The molecule has 0 saturated carbocycles. The SMILES string of the molecule is Cc1nc(Cl)cc(N2C[C@H]3CN(C)C[C@H]3C2)n1. The summed E-state index contributed by atoms with van der Waals surface area (Å²) in [5.41, 5.74) is 0. The number of hydrogen-bond donors (Lipinski definition) is 0. The van der Waals surface area contributed by atoms with Crippen LogP contribution in [0.1, 0.15) is 5.82 Å². The smallest absolute Gasteiger partial charge is 0.134 e. The second kappa shape index (κ2) is 4.10. The monoisotopic (exact) mass is 252 g/mol. The Morgan fingerprint density at radius 1 is 1.18 bits per heavy atom. The number of nitrogens with zero attached hydrogens (tertiary/aromatic N) is 4. The zero-order valence-electron chi connectivity index (χ0n) is 10.2. The lowest BCUT2D eigenvalue weighted by Gasteiger charge is -2.20. The number of anilines is 1. The van der Waals surface area contributed by atoms with Gasteiger partial charge in [-0.25, -0.2) is 9.97 Å². The van der Waals surface area contributed by atoms with Crippen LogP contribution in [-0.4, -0.2) is 48.1 Å². The van der Waals surface area contributed by atoms with Crippen molar-refractivity contribution < 1.29 is 0 Å². The molecular weight excluding hydrogens is 236 g/mol. The first-order valence-electron chi connectivity index (χ1n) is 6.06. The number of rotatable bonds is 1. The zero-order chi connectivity index (χ0) is 12.0. The van der Waals surface area contributed by atoms with Crippen molar-refractivity contribution in [2.24, 2.45) is 11.8 Å². The van der Waals surface area contributed by atoms with Crippen LogP contribution in [0.5, 0.6) is 0 Å². The van der Waals surface area contributed by atoms with Crippen LogP contribution < -0.4 is 4.90 Å². The maximum absolute atomic E-state index is 5.99. The van der Waals surface area contributed by atoms with Crippen molar-refractivity contribution in [3.8, 4) is 0 Å². The molecule has 17 heavy (non-hydrogen) atoms. The molecule has 1 aromatic rings. The molecule has 2 aliphatic rings. The average molecular weight is 253 g/mol. The van der Waals surface area contributed by atoms with Crippen LogP contribution in [0.4, 0.5) is 5.82 Å². The predicted molar refractivity (Wildman–Crippen MR) is 68.5 cm³/mol. The van der Waals surface area contributed by atoms with Crippen molar-refractivity contribution in [2.45, 2.75) is 6.92 Å². The second-order valence-corrected chi connectivity index (χ2v) is 5.63. The van der Waals surface area contributed by atoms with Gasteiger partial charge in [0.1, 0.15) is 16.8 Å². The summed E-state index contributed by atoms with van der Waals surface area (Å²) in [6, 6.07) is 1.87. The normalized spacial score (nSPS) is 28.8. The summed E-state index contributed by atoms with van der Waals surface area (Å²) in [6.45, 7) is 6.50. The van der Waals surface area contributed by atoms with E-state index < -0.39 is 0 Å². The van der Waals surface area contributed by atoms with E-state index in [0.717, 1.165) is 36.6 Å². The molecule has 0 spiro atoms. The van der Waals surface area contributed by atoms with E-state index in [1.54, 1.807) is 0 Å². The molecule has 5 heteroatoms. The molecule has 2 atom stereocenters.